The Bertz CT molecular complexity index is 624. The molecule has 1 aromatic heterocycles. The number of esters is 1. The van der Waals surface area contributed by atoms with E-state index in [2.05, 4.69) is 25.1 Å². The quantitative estimate of drug-likeness (QED) is 0.602. The third-order valence-corrected chi connectivity index (χ3v) is 3.98. The molecule has 0 N–H and O–H groups in total. The SMILES string of the molecule is CCOC(=O)/C(C)=C/c1cc(-c2ccccc2)c(C)s1. The first-order valence-corrected chi connectivity index (χ1v) is 7.44. The van der Waals surface area contributed by atoms with E-state index < -0.39 is 0 Å². The van der Waals surface area contributed by atoms with Crippen molar-refractivity contribution in [2.75, 3.05) is 6.61 Å². The van der Waals surface area contributed by atoms with Crippen LogP contribution in [0.5, 0.6) is 0 Å². The summed E-state index contributed by atoms with van der Waals surface area (Å²) in [6.07, 6.45) is 1.89. The van der Waals surface area contributed by atoms with E-state index in [1.165, 1.54) is 16.0 Å². The molecule has 0 radical (unpaired) electrons. The highest BCUT2D eigenvalue weighted by atomic mass is 32.1. The summed E-state index contributed by atoms with van der Waals surface area (Å²) >= 11 is 1.69. The number of ether oxygens (including phenoxy) is 1. The van der Waals surface area contributed by atoms with Gasteiger partial charge in [-0.1, -0.05) is 30.3 Å². The highest BCUT2D eigenvalue weighted by molar-refractivity contribution is 7.13. The van der Waals surface area contributed by atoms with Crippen LogP contribution in [0.4, 0.5) is 0 Å². The second-order valence-electron chi connectivity index (χ2n) is 4.53. The summed E-state index contributed by atoms with van der Waals surface area (Å²) in [5.41, 5.74) is 3.06. The maximum absolute atomic E-state index is 11.6. The smallest absolute Gasteiger partial charge is 0.333 e. The first-order chi connectivity index (χ1) is 9.61. The van der Waals surface area contributed by atoms with Gasteiger partial charge in [0.25, 0.3) is 0 Å². The van der Waals surface area contributed by atoms with Gasteiger partial charge in [0.15, 0.2) is 0 Å². The zero-order valence-corrected chi connectivity index (χ0v) is 12.8. The van der Waals surface area contributed by atoms with Gasteiger partial charge in [0.05, 0.1) is 6.61 Å². The van der Waals surface area contributed by atoms with Crippen molar-refractivity contribution in [3.8, 4) is 11.1 Å². The lowest BCUT2D eigenvalue weighted by Crippen LogP contribution is -2.04. The van der Waals surface area contributed by atoms with E-state index >= 15 is 0 Å². The van der Waals surface area contributed by atoms with E-state index in [1.807, 2.05) is 31.2 Å². The van der Waals surface area contributed by atoms with Crippen molar-refractivity contribution in [1.29, 1.82) is 0 Å². The molecule has 0 fully saturated rings. The molecule has 0 aliphatic heterocycles. The summed E-state index contributed by atoms with van der Waals surface area (Å²) < 4.78 is 4.99. The van der Waals surface area contributed by atoms with Crippen LogP contribution in [-0.2, 0) is 9.53 Å². The molecule has 0 atom stereocenters. The van der Waals surface area contributed by atoms with Gasteiger partial charge >= 0.3 is 5.97 Å². The van der Waals surface area contributed by atoms with Crippen molar-refractivity contribution in [3.63, 3.8) is 0 Å². The molecule has 0 bridgehead atoms. The number of thiophene rings is 1. The molecule has 2 aromatic rings. The van der Waals surface area contributed by atoms with Crippen LogP contribution in [0.2, 0.25) is 0 Å². The Labute approximate surface area is 123 Å². The zero-order valence-electron chi connectivity index (χ0n) is 12.0. The molecule has 0 aliphatic rings. The monoisotopic (exact) mass is 286 g/mol. The van der Waals surface area contributed by atoms with Crippen molar-refractivity contribution in [2.45, 2.75) is 20.8 Å². The van der Waals surface area contributed by atoms with Crippen LogP contribution in [0.15, 0.2) is 42.0 Å². The maximum Gasteiger partial charge on any atom is 0.333 e. The molecule has 0 amide bonds. The minimum Gasteiger partial charge on any atom is -0.463 e. The van der Waals surface area contributed by atoms with Crippen LogP contribution in [0.3, 0.4) is 0 Å². The van der Waals surface area contributed by atoms with Gasteiger partial charge in [-0.2, -0.15) is 0 Å². The lowest BCUT2D eigenvalue weighted by Gasteiger charge is -2.00. The molecule has 1 aromatic carbocycles. The minimum absolute atomic E-state index is 0.250. The Morgan fingerprint density at radius 2 is 2.00 bits per heavy atom. The number of benzene rings is 1. The average Bonchev–Trinajstić information content (AvgIpc) is 2.80. The fourth-order valence-electron chi connectivity index (χ4n) is 2.00. The van der Waals surface area contributed by atoms with Crippen molar-refractivity contribution >= 4 is 23.4 Å². The summed E-state index contributed by atoms with van der Waals surface area (Å²) in [5.74, 6) is -0.250. The average molecular weight is 286 g/mol. The molecule has 0 saturated heterocycles. The predicted octanol–water partition coefficient (Wildman–Crippen LogP) is 4.69. The fourth-order valence-corrected chi connectivity index (χ4v) is 3.05. The van der Waals surface area contributed by atoms with Crippen LogP contribution >= 0.6 is 11.3 Å². The van der Waals surface area contributed by atoms with Gasteiger partial charge in [0.1, 0.15) is 0 Å². The van der Waals surface area contributed by atoms with Crippen LogP contribution in [0, 0.1) is 6.92 Å². The van der Waals surface area contributed by atoms with E-state index in [4.69, 9.17) is 4.74 Å². The Balaban J connectivity index is 2.28. The van der Waals surface area contributed by atoms with E-state index in [9.17, 15) is 4.79 Å². The van der Waals surface area contributed by atoms with E-state index in [0.29, 0.717) is 12.2 Å². The van der Waals surface area contributed by atoms with Crippen LogP contribution in [0.25, 0.3) is 17.2 Å². The molecule has 0 spiro atoms. The van der Waals surface area contributed by atoms with Gasteiger partial charge in [-0.3, -0.25) is 0 Å². The first kappa shape index (κ1) is 14.5. The van der Waals surface area contributed by atoms with E-state index in [1.54, 1.807) is 18.3 Å². The number of hydrogen-bond donors (Lipinski definition) is 0. The molecule has 2 nitrogen and oxygen atoms in total. The zero-order chi connectivity index (χ0) is 14.5. The summed E-state index contributed by atoms with van der Waals surface area (Å²) in [5, 5.41) is 0. The van der Waals surface area contributed by atoms with Crippen LogP contribution in [0.1, 0.15) is 23.6 Å². The summed E-state index contributed by atoms with van der Waals surface area (Å²) in [6, 6.07) is 12.4. The molecular formula is C17H18O2S. The third-order valence-electron chi connectivity index (χ3n) is 2.98. The van der Waals surface area contributed by atoms with Gasteiger partial charge in [-0.05, 0) is 44.0 Å². The maximum atomic E-state index is 11.6. The Morgan fingerprint density at radius 3 is 2.65 bits per heavy atom. The van der Waals surface area contributed by atoms with Crippen LogP contribution < -0.4 is 0 Å². The van der Waals surface area contributed by atoms with Crippen molar-refractivity contribution < 1.29 is 9.53 Å². The highest BCUT2D eigenvalue weighted by Crippen LogP contribution is 2.32. The Kier molecular flexibility index (Phi) is 4.74. The lowest BCUT2D eigenvalue weighted by molar-refractivity contribution is -0.138. The number of hydrogen-bond acceptors (Lipinski definition) is 3. The number of rotatable bonds is 4. The molecule has 2 rings (SSSR count). The molecule has 0 aliphatic carbocycles. The Morgan fingerprint density at radius 1 is 1.30 bits per heavy atom. The highest BCUT2D eigenvalue weighted by Gasteiger charge is 2.09. The largest absolute Gasteiger partial charge is 0.463 e. The van der Waals surface area contributed by atoms with Gasteiger partial charge < -0.3 is 4.74 Å². The normalized spacial score (nSPS) is 11.4. The lowest BCUT2D eigenvalue weighted by atomic mass is 10.1. The second-order valence-corrected chi connectivity index (χ2v) is 5.82. The topological polar surface area (TPSA) is 26.3 Å². The molecule has 0 unspecified atom stereocenters. The van der Waals surface area contributed by atoms with Gasteiger partial charge in [0, 0.05) is 15.3 Å². The third kappa shape index (κ3) is 3.36. The molecule has 1 heterocycles. The van der Waals surface area contributed by atoms with E-state index in [0.717, 1.165) is 4.88 Å². The predicted molar refractivity (Wildman–Crippen MR) is 84.8 cm³/mol. The summed E-state index contributed by atoms with van der Waals surface area (Å²) in [7, 11) is 0. The summed E-state index contributed by atoms with van der Waals surface area (Å²) in [4.78, 5) is 13.9. The minimum atomic E-state index is -0.250. The number of carbonyl (C=O) groups excluding carboxylic acids is 1. The van der Waals surface area contributed by atoms with Gasteiger partial charge in [-0.15, -0.1) is 11.3 Å². The summed E-state index contributed by atoms with van der Waals surface area (Å²) in [6.45, 7) is 6.11. The first-order valence-electron chi connectivity index (χ1n) is 6.63. The second kappa shape index (κ2) is 6.53. The molecule has 0 saturated carbocycles. The molecule has 104 valence electrons. The van der Waals surface area contributed by atoms with Gasteiger partial charge in [0.2, 0.25) is 0 Å². The van der Waals surface area contributed by atoms with Gasteiger partial charge in [-0.25, -0.2) is 4.79 Å². The molecule has 3 heteroatoms. The number of carbonyl (C=O) groups is 1. The molecule has 20 heavy (non-hydrogen) atoms. The number of aryl methyl sites for hydroxylation is 1. The van der Waals surface area contributed by atoms with E-state index in [-0.39, 0.29) is 5.97 Å². The van der Waals surface area contributed by atoms with Crippen LogP contribution in [-0.4, -0.2) is 12.6 Å². The van der Waals surface area contributed by atoms with Crippen molar-refractivity contribution in [2.24, 2.45) is 0 Å². The molecular weight excluding hydrogens is 268 g/mol. The fraction of sp³-hybridized carbons (Fsp3) is 0.235. The van der Waals surface area contributed by atoms with Crippen molar-refractivity contribution in [3.05, 3.63) is 51.7 Å². The standard InChI is InChI=1S/C17H18O2S/c1-4-19-17(18)12(2)10-15-11-16(13(3)20-15)14-8-6-5-7-9-14/h5-11H,4H2,1-3H3/b12-10+. The Hall–Kier alpha value is -1.87. The van der Waals surface area contributed by atoms with Crippen molar-refractivity contribution in [1.82, 2.24) is 0 Å².